The van der Waals surface area contributed by atoms with E-state index in [0.29, 0.717) is 5.54 Å². The molecule has 2 heteroatoms. The van der Waals surface area contributed by atoms with E-state index in [1.165, 1.54) is 45.1 Å². The standard InChI is InChI=1S/C12H25NS/c1-3-9-13(10-11-14)12(2)7-5-4-6-8-12/h14H,3-11H2,1-2H3. The lowest BCUT2D eigenvalue weighted by Gasteiger charge is -2.44. The van der Waals surface area contributed by atoms with Crippen LogP contribution in [0.5, 0.6) is 0 Å². The van der Waals surface area contributed by atoms with E-state index in [4.69, 9.17) is 0 Å². The minimum atomic E-state index is 0.483. The van der Waals surface area contributed by atoms with Gasteiger partial charge in [0.05, 0.1) is 0 Å². The number of nitrogens with zero attached hydrogens (tertiary/aromatic N) is 1. The number of thiol groups is 1. The second kappa shape index (κ2) is 6.02. The van der Waals surface area contributed by atoms with Crippen molar-refractivity contribution in [1.82, 2.24) is 4.90 Å². The first-order valence-corrected chi connectivity index (χ1v) is 6.72. The molecule has 0 atom stereocenters. The molecule has 0 spiro atoms. The second-order valence-electron chi connectivity index (χ2n) is 4.77. The minimum Gasteiger partial charge on any atom is -0.297 e. The van der Waals surface area contributed by atoms with Gasteiger partial charge in [0, 0.05) is 17.8 Å². The summed E-state index contributed by atoms with van der Waals surface area (Å²) in [6.45, 7) is 7.13. The van der Waals surface area contributed by atoms with Crippen molar-refractivity contribution < 1.29 is 0 Å². The van der Waals surface area contributed by atoms with Crippen LogP contribution in [-0.2, 0) is 0 Å². The lowest BCUT2D eigenvalue weighted by molar-refractivity contribution is 0.0724. The fraction of sp³-hybridized carbons (Fsp3) is 1.00. The minimum absolute atomic E-state index is 0.483. The highest BCUT2D eigenvalue weighted by Gasteiger charge is 2.31. The predicted molar refractivity (Wildman–Crippen MR) is 67.2 cm³/mol. The van der Waals surface area contributed by atoms with Crippen molar-refractivity contribution in [3.8, 4) is 0 Å². The molecule has 0 aromatic rings. The van der Waals surface area contributed by atoms with Crippen molar-refractivity contribution in [1.29, 1.82) is 0 Å². The van der Waals surface area contributed by atoms with Crippen LogP contribution in [0.2, 0.25) is 0 Å². The third-order valence-corrected chi connectivity index (χ3v) is 3.76. The monoisotopic (exact) mass is 215 g/mol. The Kier molecular flexibility index (Phi) is 5.32. The maximum absolute atomic E-state index is 4.37. The fourth-order valence-corrected chi connectivity index (χ4v) is 2.91. The molecule has 84 valence electrons. The molecule has 0 aromatic carbocycles. The molecule has 0 radical (unpaired) electrons. The topological polar surface area (TPSA) is 3.24 Å². The fourth-order valence-electron chi connectivity index (χ4n) is 2.67. The van der Waals surface area contributed by atoms with Crippen molar-refractivity contribution in [2.75, 3.05) is 18.8 Å². The van der Waals surface area contributed by atoms with Gasteiger partial charge in [-0.05, 0) is 32.7 Å². The van der Waals surface area contributed by atoms with E-state index in [-0.39, 0.29) is 0 Å². The summed E-state index contributed by atoms with van der Waals surface area (Å²) >= 11 is 4.37. The van der Waals surface area contributed by atoms with Crippen LogP contribution in [0.25, 0.3) is 0 Å². The smallest absolute Gasteiger partial charge is 0.0181 e. The average molecular weight is 215 g/mol. The Morgan fingerprint density at radius 3 is 2.29 bits per heavy atom. The molecular formula is C12H25NS. The zero-order valence-electron chi connectivity index (χ0n) is 9.76. The average Bonchev–Trinajstić information content (AvgIpc) is 2.19. The molecule has 1 rings (SSSR count). The highest BCUT2D eigenvalue weighted by Crippen LogP contribution is 2.33. The summed E-state index contributed by atoms with van der Waals surface area (Å²) in [6.07, 6.45) is 8.33. The summed E-state index contributed by atoms with van der Waals surface area (Å²) in [5, 5.41) is 0. The largest absolute Gasteiger partial charge is 0.297 e. The summed E-state index contributed by atoms with van der Waals surface area (Å²) in [5.74, 6) is 0.996. The van der Waals surface area contributed by atoms with Crippen molar-refractivity contribution in [2.45, 2.75) is 57.9 Å². The molecule has 1 saturated carbocycles. The van der Waals surface area contributed by atoms with Crippen LogP contribution in [0, 0.1) is 0 Å². The molecule has 1 nitrogen and oxygen atoms in total. The molecule has 0 heterocycles. The highest BCUT2D eigenvalue weighted by molar-refractivity contribution is 7.80. The molecule has 1 fully saturated rings. The van der Waals surface area contributed by atoms with Gasteiger partial charge in [-0.1, -0.05) is 26.2 Å². The molecule has 0 N–H and O–H groups in total. The Morgan fingerprint density at radius 2 is 1.79 bits per heavy atom. The molecule has 14 heavy (non-hydrogen) atoms. The van der Waals surface area contributed by atoms with E-state index in [9.17, 15) is 0 Å². The molecule has 0 unspecified atom stereocenters. The summed E-state index contributed by atoms with van der Waals surface area (Å²) in [4.78, 5) is 2.67. The molecule has 0 saturated heterocycles. The summed E-state index contributed by atoms with van der Waals surface area (Å²) in [5.41, 5.74) is 0.483. The van der Waals surface area contributed by atoms with Crippen LogP contribution in [0.1, 0.15) is 52.4 Å². The van der Waals surface area contributed by atoms with Crippen LogP contribution in [-0.4, -0.2) is 29.3 Å². The van der Waals surface area contributed by atoms with Gasteiger partial charge in [-0.15, -0.1) is 0 Å². The molecule has 0 aliphatic heterocycles. The van der Waals surface area contributed by atoms with E-state index >= 15 is 0 Å². The van der Waals surface area contributed by atoms with E-state index < -0.39 is 0 Å². The van der Waals surface area contributed by atoms with Gasteiger partial charge in [-0.25, -0.2) is 0 Å². The molecule has 0 amide bonds. The Morgan fingerprint density at radius 1 is 1.14 bits per heavy atom. The maximum Gasteiger partial charge on any atom is 0.0181 e. The van der Waals surface area contributed by atoms with Crippen LogP contribution < -0.4 is 0 Å². The Bertz CT molecular complexity index is 146. The van der Waals surface area contributed by atoms with Crippen molar-refractivity contribution in [3.63, 3.8) is 0 Å². The normalized spacial score (nSPS) is 21.4. The van der Waals surface area contributed by atoms with Gasteiger partial charge in [0.1, 0.15) is 0 Å². The van der Waals surface area contributed by atoms with Gasteiger partial charge in [-0.3, -0.25) is 4.90 Å². The van der Waals surface area contributed by atoms with E-state index in [1.54, 1.807) is 0 Å². The predicted octanol–water partition coefficient (Wildman–Crippen LogP) is 3.35. The maximum atomic E-state index is 4.37. The summed E-state index contributed by atoms with van der Waals surface area (Å²) < 4.78 is 0. The quantitative estimate of drug-likeness (QED) is 0.688. The van der Waals surface area contributed by atoms with Gasteiger partial charge in [0.15, 0.2) is 0 Å². The third kappa shape index (κ3) is 3.16. The van der Waals surface area contributed by atoms with Crippen molar-refractivity contribution >= 4 is 12.6 Å². The Balaban J connectivity index is 2.53. The SMILES string of the molecule is CCCN(CCS)C1(C)CCCCC1. The Labute approximate surface area is 94.7 Å². The van der Waals surface area contributed by atoms with Gasteiger partial charge < -0.3 is 0 Å². The molecule has 0 bridgehead atoms. The highest BCUT2D eigenvalue weighted by atomic mass is 32.1. The van der Waals surface area contributed by atoms with Crippen LogP contribution in [0.15, 0.2) is 0 Å². The third-order valence-electron chi connectivity index (χ3n) is 3.56. The van der Waals surface area contributed by atoms with Gasteiger partial charge in [0.2, 0.25) is 0 Å². The van der Waals surface area contributed by atoms with Crippen LogP contribution >= 0.6 is 12.6 Å². The van der Waals surface area contributed by atoms with E-state index in [2.05, 4.69) is 31.4 Å². The second-order valence-corrected chi connectivity index (χ2v) is 5.22. The lowest BCUT2D eigenvalue weighted by Crippen LogP contribution is -2.48. The summed E-state index contributed by atoms with van der Waals surface area (Å²) in [7, 11) is 0. The number of hydrogen-bond acceptors (Lipinski definition) is 2. The molecule has 0 aromatic heterocycles. The van der Waals surface area contributed by atoms with Gasteiger partial charge in [0.25, 0.3) is 0 Å². The Hall–Kier alpha value is 0.310. The first kappa shape index (κ1) is 12.4. The van der Waals surface area contributed by atoms with Crippen molar-refractivity contribution in [3.05, 3.63) is 0 Å². The van der Waals surface area contributed by atoms with Crippen LogP contribution in [0.4, 0.5) is 0 Å². The molecule has 1 aliphatic rings. The zero-order chi connectivity index (χ0) is 10.4. The first-order valence-electron chi connectivity index (χ1n) is 6.09. The first-order chi connectivity index (χ1) is 6.73. The molecule has 1 aliphatic carbocycles. The van der Waals surface area contributed by atoms with E-state index in [1.807, 2.05) is 0 Å². The van der Waals surface area contributed by atoms with Gasteiger partial charge in [-0.2, -0.15) is 12.6 Å². The number of hydrogen-bond donors (Lipinski definition) is 1. The number of rotatable bonds is 5. The molecular weight excluding hydrogens is 190 g/mol. The summed E-state index contributed by atoms with van der Waals surface area (Å²) in [6, 6.07) is 0. The van der Waals surface area contributed by atoms with E-state index in [0.717, 1.165) is 12.3 Å². The zero-order valence-corrected chi connectivity index (χ0v) is 10.7. The van der Waals surface area contributed by atoms with Crippen molar-refractivity contribution in [2.24, 2.45) is 0 Å². The van der Waals surface area contributed by atoms with Crippen LogP contribution in [0.3, 0.4) is 0 Å². The lowest BCUT2D eigenvalue weighted by atomic mass is 9.82. The van der Waals surface area contributed by atoms with Gasteiger partial charge >= 0.3 is 0 Å².